The van der Waals surface area contributed by atoms with Gasteiger partial charge in [-0.2, -0.15) is 0 Å². The van der Waals surface area contributed by atoms with Crippen LogP contribution in [0.2, 0.25) is 0 Å². The summed E-state index contributed by atoms with van der Waals surface area (Å²) >= 11 is 0. The lowest BCUT2D eigenvalue weighted by Gasteiger charge is -2.28. The Balaban J connectivity index is 4.82. The molecule has 0 aromatic heterocycles. The van der Waals surface area contributed by atoms with Crippen molar-refractivity contribution in [1.82, 2.24) is 0 Å². The van der Waals surface area contributed by atoms with Crippen LogP contribution in [-0.4, -0.2) is 38.2 Å². The van der Waals surface area contributed by atoms with E-state index in [0.29, 0.717) is 0 Å². The third-order valence-electron chi connectivity index (χ3n) is 2.31. The standard InChI is InChI=1S/C8H14O6/c1-3-5(6(9)10)4(2)8(13,14)7(11)12/h4-5,13-14H,3H2,1-2H3,(H,9,10)(H,11,12). The minimum atomic E-state index is -3.00. The van der Waals surface area contributed by atoms with Crippen molar-refractivity contribution in [3.8, 4) is 0 Å². The van der Waals surface area contributed by atoms with E-state index in [1.54, 1.807) is 0 Å². The number of carbonyl (C=O) groups is 2. The van der Waals surface area contributed by atoms with E-state index in [4.69, 9.17) is 20.4 Å². The van der Waals surface area contributed by atoms with Crippen molar-refractivity contribution < 1.29 is 30.0 Å². The van der Waals surface area contributed by atoms with Gasteiger partial charge in [-0.25, -0.2) is 4.79 Å². The number of hydrogen-bond donors (Lipinski definition) is 4. The summed E-state index contributed by atoms with van der Waals surface area (Å²) in [6.45, 7) is 2.71. The van der Waals surface area contributed by atoms with Crippen LogP contribution in [0.3, 0.4) is 0 Å². The van der Waals surface area contributed by atoms with E-state index < -0.39 is 29.6 Å². The average Bonchev–Trinajstić information content (AvgIpc) is 2.04. The molecule has 6 heteroatoms. The van der Waals surface area contributed by atoms with E-state index in [1.807, 2.05) is 0 Å². The first-order chi connectivity index (χ1) is 6.25. The summed E-state index contributed by atoms with van der Waals surface area (Å²) in [4.78, 5) is 21.0. The molecule has 0 aliphatic rings. The van der Waals surface area contributed by atoms with Gasteiger partial charge in [0.1, 0.15) is 0 Å². The molecule has 14 heavy (non-hydrogen) atoms. The van der Waals surface area contributed by atoms with Crippen molar-refractivity contribution in [2.24, 2.45) is 11.8 Å². The van der Waals surface area contributed by atoms with Gasteiger partial charge in [-0.05, 0) is 6.42 Å². The topological polar surface area (TPSA) is 115 Å². The van der Waals surface area contributed by atoms with Crippen LogP contribution in [0, 0.1) is 11.8 Å². The average molecular weight is 206 g/mol. The van der Waals surface area contributed by atoms with Crippen molar-refractivity contribution in [2.45, 2.75) is 26.1 Å². The van der Waals surface area contributed by atoms with E-state index in [1.165, 1.54) is 13.8 Å². The number of hydrogen-bond acceptors (Lipinski definition) is 4. The van der Waals surface area contributed by atoms with Crippen molar-refractivity contribution in [1.29, 1.82) is 0 Å². The maximum atomic E-state index is 10.6. The lowest BCUT2D eigenvalue weighted by Crippen LogP contribution is -2.48. The molecule has 0 saturated heterocycles. The van der Waals surface area contributed by atoms with Crippen molar-refractivity contribution in [3.05, 3.63) is 0 Å². The van der Waals surface area contributed by atoms with Crippen LogP contribution in [0.25, 0.3) is 0 Å². The van der Waals surface area contributed by atoms with Gasteiger partial charge in [-0.3, -0.25) is 4.79 Å². The van der Waals surface area contributed by atoms with Gasteiger partial charge in [0.2, 0.25) is 0 Å². The molecule has 2 atom stereocenters. The lowest BCUT2D eigenvalue weighted by molar-refractivity contribution is -0.227. The van der Waals surface area contributed by atoms with E-state index in [2.05, 4.69) is 0 Å². The van der Waals surface area contributed by atoms with Gasteiger partial charge in [0.25, 0.3) is 5.79 Å². The van der Waals surface area contributed by atoms with Gasteiger partial charge < -0.3 is 20.4 Å². The van der Waals surface area contributed by atoms with Crippen LogP contribution >= 0.6 is 0 Å². The highest BCUT2D eigenvalue weighted by molar-refractivity contribution is 5.77. The zero-order valence-electron chi connectivity index (χ0n) is 7.97. The number of carboxylic acids is 2. The predicted molar refractivity (Wildman–Crippen MR) is 45.4 cm³/mol. The third kappa shape index (κ3) is 2.43. The van der Waals surface area contributed by atoms with E-state index in [9.17, 15) is 9.59 Å². The molecular weight excluding hydrogens is 192 g/mol. The Morgan fingerprint density at radius 3 is 1.93 bits per heavy atom. The highest BCUT2D eigenvalue weighted by Crippen LogP contribution is 2.25. The van der Waals surface area contributed by atoms with Gasteiger partial charge in [-0.1, -0.05) is 13.8 Å². The molecule has 0 heterocycles. The summed E-state index contributed by atoms with van der Waals surface area (Å²) in [6, 6.07) is 0. The van der Waals surface area contributed by atoms with E-state index in [-0.39, 0.29) is 6.42 Å². The van der Waals surface area contributed by atoms with Crippen LogP contribution < -0.4 is 0 Å². The molecule has 0 fully saturated rings. The van der Waals surface area contributed by atoms with Gasteiger partial charge in [-0.15, -0.1) is 0 Å². The maximum absolute atomic E-state index is 10.6. The van der Waals surface area contributed by atoms with Crippen LogP contribution in [-0.2, 0) is 9.59 Å². The van der Waals surface area contributed by atoms with Gasteiger partial charge in [0, 0.05) is 5.92 Å². The summed E-state index contributed by atoms with van der Waals surface area (Å²) < 4.78 is 0. The number of aliphatic hydroxyl groups is 2. The molecule has 2 unspecified atom stereocenters. The molecule has 0 aromatic rings. The first-order valence-corrected chi connectivity index (χ1v) is 4.16. The zero-order chi connectivity index (χ0) is 11.5. The quantitative estimate of drug-likeness (QED) is 0.451. The van der Waals surface area contributed by atoms with Gasteiger partial charge in [0.15, 0.2) is 0 Å². The maximum Gasteiger partial charge on any atom is 0.364 e. The molecule has 0 saturated carbocycles. The molecule has 0 aromatic carbocycles. The Kier molecular flexibility index (Phi) is 4.03. The summed E-state index contributed by atoms with van der Waals surface area (Å²) in [6.07, 6.45) is 0.132. The number of carboxylic acid groups (broad SMARTS) is 2. The molecule has 4 N–H and O–H groups in total. The highest BCUT2D eigenvalue weighted by Gasteiger charge is 2.45. The molecule has 0 aliphatic carbocycles. The Hall–Kier alpha value is -1.14. The Bertz CT molecular complexity index is 234. The summed E-state index contributed by atoms with van der Waals surface area (Å²) in [5, 5.41) is 35.3. The SMILES string of the molecule is CCC(C(=O)O)C(C)C(O)(O)C(=O)O. The molecule has 0 radical (unpaired) electrons. The van der Waals surface area contributed by atoms with E-state index in [0.717, 1.165) is 0 Å². The normalized spacial score (nSPS) is 16.0. The Morgan fingerprint density at radius 2 is 1.71 bits per heavy atom. The van der Waals surface area contributed by atoms with Crippen LogP contribution in [0.4, 0.5) is 0 Å². The lowest BCUT2D eigenvalue weighted by atomic mass is 9.85. The second-order valence-corrected chi connectivity index (χ2v) is 3.17. The van der Waals surface area contributed by atoms with Crippen LogP contribution in [0.15, 0.2) is 0 Å². The van der Waals surface area contributed by atoms with Crippen LogP contribution in [0.5, 0.6) is 0 Å². The molecule has 82 valence electrons. The molecule has 0 rings (SSSR count). The minimum Gasteiger partial charge on any atom is -0.481 e. The van der Waals surface area contributed by atoms with E-state index >= 15 is 0 Å². The molecular formula is C8H14O6. The third-order valence-corrected chi connectivity index (χ3v) is 2.31. The monoisotopic (exact) mass is 206 g/mol. The van der Waals surface area contributed by atoms with Gasteiger partial charge >= 0.3 is 11.9 Å². The van der Waals surface area contributed by atoms with Crippen LogP contribution in [0.1, 0.15) is 20.3 Å². The largest absolute Gasteiger partial charge is 0.481 e. The Morgan fingerprint density at radius 1 is 1.29 bits per heavy atom. The first-order valence-electron chi connectivity index (χ1n) is 4.16. The number of aliphatic carboxylic acids is 2. The smallest absolute Gasteiger partial charge is 0.364 e. The second kappa shape index (κ2) is 4.39. The molecule has 6 nitrogen and oxygen atoms in total. The first kappa shape index (κ1) is 12.9. The van der Waals surface area contributed by atoms with Crippen molar-refractivity contribution in [3.63, 3.8) is 0 Å². The van der Waals surface area contributed by atoms with Crippen molar-refractivity contribution in [2.75, 3.05) is 0 Å². The Labute approximate surface area is 80.8 Å². The molecule has 0 bridgehead atoms. The minimum absolute atomic E-state index is 0.132. The fraction of sp³-hybridized carbons (Fsp3) is 0.750. The molecule has 0 spiro atoms. The summed E-state index contributed by atoms with van der Waals surface area (Å²) in [7, 11) is 0. The summed E-state index contributed by atoms with van der Waals surface area (Å²) in [5.74, 6) is -8.46. The highest BCUT2D eigenvalue weighted by atomic mass is 16.5. The van der Waals surface area contributed by atoms with Gasteiger partial charge in [0.05, 0.1) is 5.92 Å². The number of rotatable bonds is 5. The summed E-state index contributed by atoms with van der Waals surface area (Å²) in [5.41, 5.74) is 0. The molecule has 0 amide bonds. The second-order valence-electron chi connectivity index (χ2n) is 3.17. The zero-order valence-corrected chi connectivity index (χ0v) is 7.97. The fourth-order valence-electron chi connectivity index (χ4n) is 1.22. The molecule has 0 aliphatic heterocycles. The fourth-order valence-corrected chi connectivity index (χ4v) is 1.22. The predicted octanol–water partition coefficient (Wildman–Crippen LogP) is -0.501. The van der Waals surface area contributed by atoms with Crippen molar-refractivity contribution >= 4 is 11.9 Å².